The van der Waals surface area contributed by atoms with E-state index >= 15 is 0 Å². The van der Waals surface area contributed by atoms with Crippen LogP contribution in [0.3, 0.4) is 0 Å². The fourth-order valence-electron chi connectivity index (χ4n) is 4.94. The Morgan fingerprint density at radius 2 is 1.86 bits per heavy atom. The number of aliphatic imine (C=N–C) groups is 1. The van der Waals surface area contributed by atoms with Crippen LogP contribution in [-0.2, 0) is 14.9 Å². The van der Waals surface area contributed by atoms with Gasteiger partial charge >= 0.3 is 0 Å². The molecule has 6 nitrogen and oxygen atoms in total. The van der Waals surface area contributed by atoms with Crippen molar-refractivity contribution < 1.29 is 14.2 Å². The number of guanidine groups is 1. The lowest BCUT2D eigenvalue weighted by atomic mass is 9.74. The molecule has 28 heavy (non-hydrogen) atoms. The van der Waals surface area contributed by atoms with E-state index in [1.54, 1.807) is 7.11 Å². The van der Waals surface area contributed by atoms with Gasteiger partial charge in [0.25, 0.3) is 0 Å². The molecule has 1 aromatic rings. The maximum Gasteiger partial charge on any atom is 0.193 e. The Hall–Kier alpha value is -1.79. The van der Waals surface area contributed by atoms with E-state index in [0.717, 1.165) is 70.6 Å². The zero-order chi connectivity index (χ0) is 19.5. The lowest BCUT2D eigenvalue weighted by molar-refractivity contribution is 0.0511. The highest BCUT2D eigenvalue weighted by atomic mass is 16.5. The summed E-state index contributed by atoms with van der Waals surface area (Å²) in [6, 6.07) is 8.53. The quantitative estimate of drug-likeness (QED) is 0.635. The zero-order valence-corrected chi connectivity index (χ0v) is 17.2. The molecule has 1 spiro atoms. The number of rotatable bonds is 4. The molecule has 1 aromatic carbocycles. The Bertz CT molecular complexity index is 677. The molecule has 1 atom stereocenters. The molecule has 0 amide bonds. The van der Waals surface area contributed by atoms with Crippen LogP contribution in [0, 0.1) is 5.41 Å². The van der Waals surface area contributed by atoms with Crippen LogP contribution < -0.4 is 10.1 Å². The van der Waals surface area contributed by atoms with E-state index in [-0.39, 0.29) is 5.41 Å². The van der Waals surface area contributed by atoms with Crippen LogP contribution in [0.15, 0.2) is 29.3 Å². The smallest absolute Gasteiger partial charge is 0.193 e. The summed E-state index contributed by atoms with van der Waals surface area (Å²) in [5, 5.41) is 3.70. The number of methoxy groups -OCH3 is 1. The molecule has 0 aliphatic carbocycles. The Morgan fingerprint density at radius 3 is 2.50 bits per heavy atom. The van der Waals surface area contributed by atoms with Crippen molar-refractivity contribution in [2.75, 3.05) is 60.2 Å². The fourth-order valence-corrected chi connectivity index (χ4v) is 4.94. The largest absolute Gasteiger partial charge is 0.497 e. The van der Waals surface area contributed by atoms with Gasteiger partial charge in [-0.15, -0.1) is 0 Å². The molecule has 3 aliphatic heterocycles. The van der Waals surface area contributed by atoms with Gasteiger partial charge < -0.3 is 24.4 Å². The van der Waals surface area contributed by atoms with Crippen molar-refractivity contribution >= 4 is 5.96 Å². The summed E-state index contributed by atoms with van der Waals surface area (Å²) in [4.78, 5) is 7.01. The standard InChI is InChI=1S/C22H33N3O3/c1-23-20(25-11-7-21(16-25)8-12-28-17-21)24-15-22(9-13-27-14-10-22)18-3-5-19(26-2)6-4-18/h3-6H,7-17H2,1-2H3,(H,23,24). The van der Waals surface area contributed by atoms with Crippen LogP contribution in [0.1, 0.15) is 31.2 Å². The first-order valence-corrected chi connectivity index (χ1v) is 10.4. The number of benzene rings is 1. The number of ether oxygens (including phenoxy) is 3. The SMILES string of the molecule is CN=C(NCC1(c2ccc(OC)cc2)CCOCC1)N1CCC2(CCOC2)C1. The van der Waals surface area contributed by atoms with Gasteiger partial charge in [-0.25, -0.2) is 0 Å². The van der Waals surface area contributed by atoms with Gasteiger partial charge in [0.1, 0.15) is 5.75 Å². The molecule has 3 fully saturated rings. The normalized spacial score (nSPS) is 27.4. The lowest BCUT2D eigenvalue weighted by Crippen LogP contribution is -2.49. The van der Waals surface area contributed by atoms with Crippen LogP contribution in [0.2, 0.25) is 0 Å². The van der Waals surface area contributed by atoms with Crippen LogP contribution in [0.5, 0.6) is 5.75 Å². The summed E-state index contributed by atoms with van der Waals surface area (Å²) in [7, 11) is 3.60. The van der Waals surface area contributed by atoms with Gasteiger partial charge in [0.15, 0.2) is 5.96 Å². The molecule has 4 rings (SSSR count). The molecule has 3 aliphatic rings. The molecule has 0 saturated carbocycles. The summed E-state index contributed by atoms with van der Waals surface area (Å²) in [5.74, 6) is 1.92. The van der Waals surface area contributed by atoms with E-state index in [0.29, 0.717) is 5.41 Å². The van der Waals surface area contributed by atoms with E-state index in [1.807, 2.05) is 7.05 Å². The first-order valence-electron chi connectivity index (χ1n) is 10.4. The Balaban J connectivity index is 1.46. The molecule has 3 heterocycles. The highest BCUT2D eigenvalue weighted by Crippen LogP contribution is 2.39. The topological polar surface area (TPSA) is 55.3 Å². The van der Waals surface area contributed by atoms with Crippen molar-refractivity contribution in [3.05, 3.63) is 29.8 Å². The third kappa shape index (κ3) is 3.85. The lowest BCUT2D eigenvalue weighted by Gasteiger charge is -2.39. The predicted molar refractivity (Wildman–Crippen MR) is 110 cm³/mol. The molecular weight excluding hydrogens is 354 g/mol. The Morgan fingerprint density at radius 1 is 1.11 bits per heavy atom. The predicted octanol–water partition coefficient (Wildman–Crippen LogP) is 2.43. The molecule has 154 valence electrons. The van der Waals surface area contributed by atoms with Crippen molar-refractivity contribution in [1.29, 1.82) is 0 Å². The number of likely N-dealkylation sites (tertiary alicyclic amines) is 1. The summed E-state index contributed by atoms with van der Waals surface area (Å²) in [5.41, 5.74) is 1.75. The average molecular weight is 388 g/mol. The van der Waals surface area contributed by atoms with E-state index in [4.69, 9.17) is 14.2 Å². The Labute approximate surface area is 168 Å². The molecular formula is C22H33N3O3. The van der Waals surface area contributed by atoms with Gasteiger partial charge in [-0.1, -0.05) is 12.1 Å². The second-order valence-corrected chi connectivity index (χ2v) is 8.50. The first kappa shape index (κ1) is 19.5. The van der Waals surface area contributed by atoms with Crippen molar-refractivity contribution in [2.45, 2.75) is 31.1 Å². The van der Waals surface area contributed by atoms with Gasteiger partial charge in [-0.3, -0.25) is 4.99 Å². The zero-order valence-electron chi connectivity index (χ0n) is 17.2. The van der Waals surface area contributed by atoms with Crippen LogP contribution in [0.25, 0.3) is 0 Å². The molecule has 0 radical (unpaired) electrons. The van der Waals surface area contributed by atoms with E-state index in [9.17, 15) is 0 Å². The molecule has 0 bridgehead atoms. The number of nitrogens with one attached hydrogen (secondary N) is 1. The van der Waals surface area contributed by atoms with Crippen LogP contribution in [0.4, 0.5) is 0 Å². The van der Waals surface area contributed by atoms with Crippen LogP contribution in [-0.4, -0.2) is 71.1 Å². The summed E-state index contributed by atoms with van der Waals surface area (Å²) in [6.45, 7) is 6.38. The minimum atomic E-state index is 0.0638. The first-order chi connectivity index (χ1) is 13.7. The van der Waals surface area contributed by atoms with E-state index in [2.05, 4.69) is 39.5 Å². The monoisotopic (exact) mass is 387 g/mol. The second kappa shape index (κ2) is 8.29. The highest BCUT2D eigenvalue weighted by Gasteiger charge is 2.42. The maximum absolute atomic E-state index is 5.68. The van der Waals surface area contributed by atoms with Crippen LogP contribution >= 0.6 is 0 Å². The minimum absolute atomic E-state index is 0.0638. The number of hydrogen-bond acceptors (Lipinski definition) is 4. The van der Waals surface area contributed by atoms with E-state index in [1.165, 1.54) is 18.4 Å². The Kier molecular flexibility index (Phi) is 5.78. The summed E-state index contributed by atoms with van der Waals surface area (Å²) >= 11 is 0. The summed E-state index contributed by atoms with van der Waals surface area (Å²) < 4.78 is 16.7. The molecule has 1 unspecified atom stereocenters. The van der Waals surface area contributed by atoms with Gasteiger partial charge in [0.05, 0.1) is 13.7 Å². The van der Waals surface area contributed by atoms with Crippen molar-refractivity contribution in [1.82, 2.24) is 10.2 Å². The van der Waals surface area contributed by atoms with Gasteiger partial charge in [-0.05, 0) is 43.4 Å². The highest BCUT2D eigenvalue weighted by molar-refractivity contribution is 5.80. The third-order valence-electron chi connectivity index (χ3n) is 6.87. The fraction of sp³-hybridized carbons (Fsp3) is 0.682. The van der Waals surface area contributed by atoms with Crippen molar-refractivity contribution in [2.24, 2.45) is 10.4 Å². The molecule has 0 aromatic heterocycles. The van der Waals surface area contributed by atoms with Gasteiger partial charge in [0, 0.05) is 57.3 Å². The maximum atomic E-state index is 5.68. The second-order valence-electron chi connectivity index (χ2n) is 8.50. The minimum Gasteiger partial charge on any atom is -0.497 e. The summed E-state index contributed by atoms with van der Waals surface area (Å²) in [6.07, 6.45) is 4.40. The molecule has 1 N–H and O–H groups in total. The average Bonchev–Trinajstić information content (AvgIpc) is 3.39. The van der Waals surface area contributed by atoms with E-state index < -0.39 is 0 Å². The molecule has 6 heteroatoms. The number of hydrogen-bond donors (Lipinski definition) is 1. The van der Waals surface area contributed by atoms with Gasteiger partial charge in [0.2, 0.25) is 0 Å². The third-order valence-corrected chi connectivity index (χ3v) is 6.87. The van der Waals surface area contributed by atoms with Gasteiger partial charge in [-0.2, -0.15) is 0 Å². The van der Waals surface area contributed by atoms with Crippen molar-refractivity contribution in [3.63, 3.8) is 0 Å². The number of nitrogens with zero attached hydrogens (tertiary/aromatic N) is 2. The molecule has 3 saturated heterocycles. The van der Waals surface area contributed by atoms with Crippen molar-refractivity contribution in [3.8, 4) is 5.75 Å².